The minimum absolute atomic E-state index is 0.175. The molecule has 2 rings (SSSR count). The Labute approximate surface area is 110 Å². The Morgan fingerprint density at radius 3 is 3.17 bits per heavy atom. The molecule has 0 radical (unpaired) electrons. The maximum absolute atomic E-state index is 8.74. The predicted molar refractivity (Wildman–Crippen MR) is 69.1 cm³/mol. The average molecular weight is 267 g/mol. The van der Waals surface area contributed by atoms with Crippen molar-refractivity contribution in [2.24, 2.45) is 0 Å². The molecule has 2 aromatic heterocycles. The molecular weight excluding hydrogens is 250 g/mol. The van der Waals surface area contributed by atoms with Crippen LogP contribution in [-0.2, 0) is 13.1 Å². The van der Waals surface area contributed by atoms with Crippen LogP contribution in [0, 0.1) is 0 Å². The van der Waals surface area contributed by atoms with Gasteiger partial charge in [-0.05, 0) is 13.3 Å². The van der Waals surface area contributed by atoms with Crippen LogP contribution in [0.2, 0.25) is 0 Å². The Balaban J connectivity index is 1.81. The molecule has 2 heterocycles. The van der Waals surface area contributed by atoms with Gasteiger partial charge in [0.1, 0.15) is 5.01 Å². The van der Waals surface area contributed by atoms with Gasteiger partial charge in [0.15, 0.2) is 0 Å². The minimum Gasteiger partial charge on any atom is -0.396 e. The molecule has 6 nitrogen and oxygen atoms in total. The zero-order valence-electron chi connectivity index (χ0n) is 10.3. The van der Waals surface area contributed by atoms with Gasteiger partial charge in [0, 0.05) is 37.5 Å². The number of nitrogens with one attached hydrogen (secondary N) is 1. The number of aliphatic hydroxyl groups excluding tert-OH is 1. The van der Waals surface area contributed by atoms with E-state index < -0.39 is 0 Å². The van der Waals surface area contributed by atoms with E-state index in [-0.39, 0.29) is 12.6 Å². The van der Waals surface area contributed by atoms with Crippen molar-refractivity contribution in [3.63, 3.8) is 0 Å². The highest BCUT2D eigenvalue weighted by Gasteiger charge is 2.08. The molecule has 2 aromatic rings. The summed E-state index contributed by atoms with van der Waals surface area (Å²) < 4.78 is 1.75. The van der Waals surface area contributed by atoms with Crippen molar-refractivity contribution in [2.75, 3.05) is 6.61 Å². The number of rotatable bonds is 7. The molecule has 7 heteroatoms. The van der Waals surface area contributed by atoms with Gasteiger partial charge >= 0.3 is 0 Å². The van der Waals surface area contributed by atoms with Crippen LogP contribution in [0.1, 0.15) is 30.1 Å². The molecule has 98 valence electrons. The van der Waals surface area contributed by atoms with Gasteiger partial charge in [-0.2, -0.15) is 0 Å². The minimum atomic E-state index is 0.175. The summed E-state index contributed by atoms with van der Waals surface area (Å²) >= 11 is 1.64. The van der Waals surface area contributed by atoms with E-state index in [4.69, 9.17) is 5.11 Å². The van der Waals surface area contributed by atoms with Crippen LogP contribution in [0.4, 0.5) is 0 Å². The van der Waals surface area contributed by atoms with Gasteiger partial charge in [0.25, 0.3) is 0 Å². The normalized spacial score (nSPS) is 12.8. The molecule has 1 unspecified atom stereocenters. The second-order valence-electron chi connectivity index (χ2n) is 4.02. The van der Waals surface area contributed by atoms with Crippen LogP contribution in [-0.4, -0.2) is 31.7 Å². The number of thiazole rings is 1. The highest BCUT2D eigenvalue weighted by molar-refractivity contribution is 7.09. The topological polar surface area (TPSA) is 75.9 Å². The van der Waals surface area contributed by atoms with E-state index in [1.54, 1.807) is 16.0 Å². The van der Waals surface area contributed by atoms with Crippen molar-refractivity contribution in [3.05, 3.63) is 28.5 Å². The van der Waals surface area contributed by atoms with E-state index in [1.807, 2.05) is 17.8 Å². The third-order valence-corrected chi connectivity index (χ3v) is 3.50. The van der Waals surface area contributed by atoms with Crippen LogP contribution in [0.15, 0.2) is 17.8 Å². The van der Waals surface area contributed by atoms with E-state index in [1.165, 1.54) is 0 Å². The molecule has 18 heavy (non-hydrogen) atoms. The summed E-state index contributed by atoms with van der Waals surface area (Å²) in [4.78, 5) is 4.26. The first-order valence-corrected chi connectivity index (χ1v) is 6.80. The number of nitrogens with zero attached hydrogens (tertiary/aromatic N) is 4. The summed E-state index contributed by atoms with van der Waals surface area (Å²) in [6, 6.07) is 0.215. The monoisotopic (exact) mass is 267 g/mol. The first-order valence-electron chi connectivity index (χ1n) is 5.92. The van der Waals surface area contributed by atoms with Crippen molar-refractivity contribution in [1.29, 1.82) is 0 Å². The quantitative estimate of drug-likeness (QED) is 0.781. The van der Waals surface area contributed by atoms with E-state index in [2.05, 4.69) is 27.5 Å². The Morgan fingerprint density at radius 2 is 2.44 bits per heavy atom. The molecule has 0 aromatic carbocycles. The molecule has 0 bridgehead atoms. The summed E-state index contributed by atoms with van der Waals surface area (Å²) in [6.45, 7) is 3.62. The molecule has 0 saturated heterocycles. The lowest BCUT2D eigenvalue weighted by molar-refractivity contribution is 0.276. The number of hydrogen-bond acceptors (Lipinski definition) is 6. The lowest BCUT2D eigenvalue weighted by Crippen LogP contribution is -2.18. The first-order chi connectivity index (χ1) is 8.79. The van der Waals surface area contributed by atoms with Gasteiger partial charge in [0.2, 0.25) is 0 Å². The Kier molecular flexibility index (Phi) is 4.80. The summed E-state index contributed by atoms with van der Waals surface area (Å²) in [5.74, 6) is 0. The summed E-state index contributed by atoms with van der Waals surface area (Å²) in [5.41, 5.74) is 0.899. The molecule has 0 amide bonds. The molecule has 1 atom stereocenters. The zero-order valence-corrected chi connectivity index (χ0v) is 11.1. The van der Waals surface area contributed by atoms with Gasteiger partial charge in [-0.1, -0.05) is 5.21 Å². The number of aromatic nitrogens is 4. The fourth-order valence-electron chi connectivity index (χ4n) is 1.55. The van der Waals surface area contributed by atoms with Crippen LogP contribution >= 0.6 is 11.3 Å². The summed E-state index contributed by atoms with van der Waals surface area (Å²) in [5, 5.41) is 23.2. The van der Waals surface area contributed by atoms with Gasteiger partial charge in [0.05, 0.1) is 11.7 Å². The highest BCUT2D eigenvalue weighted by atomic mass is 32.1. The number of aliphatic hydroxyl groups is 1. The van der Waals surface area contributed by atoms with Gasteiger partial charge in [-0.15, -0.1) is 16.4 Å². The van der Waals surface area contributed by atoms with Crippen LogP contribution in [0.25, 0.3) is 0 Å². The van der Waals surface area contributed by atoms with Gasteiger partial charge < -0.3 is 10.4 Å². The molecule has 0 saturated carbocycles. The molecular formula is C11H17N5OS. The summed E-state index contributed by atoms with van der Waals surface area (Å²) in [6.07, 6.45) is 4.41. The van der Waals surface area contributed by atoms with Crippen molar-refractivity contribution >= 4 is 11.3 Å². The second-order valence-corrected chi connectivity index (χ2v) is 4.95. The van der Waals surface area contributed by atoms with E-state index >= 15 is 0 Å². The smallest absolute Gasteiger partial charge is 0.109 e. The van der Waals surface area contributed by atoms with Gasteiger partial charge in [-0.3, -0.25) is 4.68 Å². The van der Waals surface area contributed by atoms with E-state index in [9.17, 15) is 0 Å². The Hall–Kier alpha value is -1.31. The third kappa shape index (κ3) is 3.59. The van der Waals surface area contributed by atoms with Crippen molar-refractivity contribution < 1.29 is 5.11 Å². The highest BCUT2D eigenvalue weighted by Crippen LogP contribution is 2.14. The van der Waals surface area contributed by atoms with Crippen molar-refractivity contribution in [1.82, 2.24) is 25.3 Å². The molecule has 0 aliphatic rings. The lowest BCUT2D eigenvalue weighted by Gasteiger charge is -2.08. The Morgan fingerprint density at radius 1 is 1.56 bits per heavy atom. The number of aryl methyl sites for hydroxylation is 1. The fraction of sp³-hybridized carbons (Fsp3) is 0.545. The van der Waals surface area contributed by atoms with Crippen LogP contribution < -0.4 is 5.32 Å². The molecule has 0 aliphatic carbocycles. The largest absolute Gasteiger partial charge is 0.396 e. The molecule has 0 fully saturated rings. The van der Waals surface area contributed by atoms with Crippen LogP contribution in [0.5, 0.6) is 0 Å². The second kappa shape index (κ2) is 6.58. The zero-order chi connectivity index (χ0) is 12.8. The molecule has 0 spiro atoms. The fourth-order valence-corrected chi connectivity index (χ4v) is 2.23. The third-order valence-electron chi connectivity index (χ3n) is 2.54. The standard InChI is InChI=1S/C11H17N5OS/c1-9(11-12-3-6-18-11)13-7-10-8-16(15-14-10)4-2-5-17/h3,6,8-9,13,17H,2,4-5,7H2,1H3. The van der Waals surface area contributed by atoms with Crippen LogP contribution in [0.3, 0.4) is 0 Å². The molecule has 0 aliphatic heterocycles. The predicted octanol–water partition coefficient (Wildman–Crippen LogP) is 0.968. The van der Waals surface area contributed by atoms with E-state index in [0.29, 0.717) is 19.5 Å². The summed E-state index contributed by atoms with van der Waals surface area (Å²) in [7, 11) is 0. The number of hydrogen-bond donors (Lipinski definition) is 2. The first kappa shape index (κ1) is 13.1. The van der Waals surface area contributed by atoms with Crippen molar-refractivity contribution in [3.8, 4) is 0 Å². The lowest BCUT2D eigenvalue weighted by atomic mass is 10.3. The van der Waals surface area contributed by atoms with Crippen molar-refractivity contribution in [2.45, 2.75) is 32.5 Å². The van der Waals surface area contributed by atoms with E-state index in [0.717, 1.165) is 10.7 Å². The van der Waals surface area contributed by atoms with Gasteiger partial charge in [-0.25, -0.2) is 4.98 Å². The SMILES string of the molecule is CC(NCc1cn(CCCO)nn1)c1nccs1. The molecule has 2 N–H and O–H groups in total. The maximum Gasteiger partial charge on any atom is 0.109 e. The maximum atomic E-state index is 8.74. The average Bonchev–Trinajstić information content (AvgIpc) is 3.04. The Bertz CT molecular complexity index is 456.